The molecule has 7 nitrogen and oxygen atoms in total. The molecule has 0 atom stereocenters. The van der Waals surface area contributed by atoms with Crippen LogP contribution in [0.15, 0.2) is 70.9 Å². The van der Waals surface area contributed by atoms with E-state index in [4.69, 9.17) is 4.74 Å². The molecule has 2 aromatic heterocycles. The van der Waals surface area contributed by atoms with Crippen LogP contribution in [0.1, 0.15) is 23.9 Å². The molecular formula is C24H21F3N4O3. The molecule has 0 saturated heterocycles. The molecule has 4 aromatic rings. The molecule has 4 rings (SSSR count). The van der Waals surface area contributed by atoms with E-state index < -0.39 is 23.0 Å². The topological polar surface area (TPSA) is 81.9 Å². The van der Waals surface area contributed by atoms with Crippen LogP contribution in [0, 0.1) is 0 Å². The molecular weight excluding hydrogens is 449 g/mol. The van der Waals surface area contributed by atoms with Gasteiger partial charge in [0.2, 0.25) is 0 Å². The highest BCUT2D eigenvalue weighted by Gasteiger charge is 2.34. The number of aromatic nitrogens is 4. The number of nitrogens with one attached hydrogen (secondary N) is 1. The number of ether oxygens (including phenoxy) is 1. The summed E-state index contributed by atoms with van der Waals surface area (Å²) in [6, 6.07) is 13.7. The van der Waals surface area contributed by atoms with Gasteiger partial charge in [0.25, 0.3) is 5.56 Å². The molecule has 0 radical (unpaired) electrons. The molecule has 0 amide bonds. The fraction of sp³-hybridized carbons (Fsp3) is 0.208. The number of fused-ring (bicyclic) bond motifs is 1. The van der Waals surface area contributed by atoms with Gasteiger partial charge in [-0.05, 0) is 36.1 Å². The third kappa shape index (κ3) is 4.44. The maximum atomic E-state index is 13.3. The number of benzene rings is 2. The Labute approximate surface area is 191 Å². The molecule has 10 heteroatoms. The quantitative estimate of drug-likeness (QED) is 0.439. The Hall–Kier alpha value is -3.92. The van der Waals surface area contributed by atoms with Crippen molar-refractivity contribution >= 4 is 16.3 Å². The molecule has 1 N–H and O–H groups in total. The van der Waals surface area contributed by atoms with Crippen LogP contribution in [0.25, 0.3) is 22.0 Å². The molecule has 0 bridgehead atoms. The van der Waals surface area contributed by atoms with Gasteiger partial charge in [-0.25, -0.2) is 4.79 Å². The second kappa shape index (κ2) is 9.14. The number of alkyl halides is 3. The maximum absolute atomic E-state index is 13.3. The van der Waals surface area contributed by atoms with Gasteiger partial charge in [-0.3, -0.25) is 9.36 Å². The fourth-order valence-corrected chi connectivity index (χ4v) is 3.64. The van der Waals surface area contributed by atoms with Crippen LogP contribution in [0.4, 0.5) is 13.2 Å². The fourth-order valence-electron chi connectivity index (χ4n) is 3.64. The van der Waals surface area contributed by atoms with E-state index in [9.17, 15) is 22.8 Å². The monoisotopic (exact) mass is 470 g/mol. The number of hydrogen-bond donors (Lipinski definition) is 1. The highest BCUT2D eigenvalue weighted by Crippen LogP contribution is 2.35. The lowest BCUT2D eigenvalue weighted by atomic mass is 10.0. The summed E-state index contributed by atoms with van der Waals surface area (Å²) in [5, 5.41) is 4.41. The third-order valence-electron chi connectivity index (χ3n) is 5.40. The SMILES string of the molecule is C=C(c1c[nH]c(=O)c2ccc(-n3nc(COCc4ccccc4)n(CC)c3=O)cc12)C(F)(F)F. The Balaban J connectivity index is 1.73. The normalized spacial score (nSPS) is 11.8. The Bertz CT molecular complexity index is 1470. The van der Waals surface area contributed by atoms with E-state index in [2.05, 4.69) is 16.7 Å². The Morgan fingerprint density at radius 2 is 1.82 bits per heavy atom. The van der Waals surface area contributed by atoms with Gasteiger partial charge in [-0.15, -0.1) is 5.10 Å². The standard InChI is InChI=1S/C24H21F3N4O3/c1-3-30-21(14-34-13-16-7-5-4-6-8-16)29-31(23(30)33)17-9-10-18-19(11-17)20(12-28-22(18)32)15(2)24(25,26)27/h4-12H,2-3,13-14H2,1H3,(H,28,32). The molecule has 0 spiro atoms. The molecule has 2 heterocycles. The minimum absolute atomic E-state index is 0.0170. The molecule has 0 aliphatic rings. The Morgan fingerprint density at radius 1 is 1.09 bits per heavy atom. The van der Waals surface area contributed by atoms with Crippen molar-refractivity contribution in [3.8, 4) is 5.69 Å². The van der Waals surface area contributed by atoms with Gasteiger partial charge >= 0.3 is 11.9 Å². The summed E-state index contributed by atoms with van der Waals surface area (Å²) in [5.74, 6) is 0.370. The van der Waals surface area contributed by atoms with Crippen molar-refractivity contribution in [2.45, 2.75) is 32.9 Å². The summed E-state index contributed by atoms with van der Waals surface area (Å²) in [6.07, 6.45) is -3.72. The summed E-state index contributed by atoms with van der Waals surface area (Å²) in [4.78, 5) is 27.5. The number of H-pyrrole nitrogens is 1. The van der Waals surface area contributed by atoms with Crippen LogP contribution in [-0.4, -0.2) is 25.5 Å². The van der Waals surface area contributed by atoms with Crippen molar-refractivity contribution in [2.75, 3.05) is 0 Å². The molecule has 176 valence electrons. The van der Waals surface area contributed by atoms with Crippen LogP contribution in [0.5, 0.6) is 0 Å². The molecule has 34 heavy (non-hydrogen) atoms. The van der Waals surface area contributed by atoms with Gasteiger partial charge in [0, 0.05) is 23.7 Å². The Kier molecular flexibility index (Phi) is 6.25. The predicted molar refractivity (Wildman–Crippen MR) is 122 cm³/mol. The van der Waals surface area contributed by atoms with Crippen LogP contribution >= 0.6 is 0 Å². The summed E-state index contributed by atoms with van der Waals surface area (Å²) in [7, 11) is 0. The van der Waals surface area contributed by atoms with Gasteiger partial charge in [0.05, 0.1) is 17.9 Å². The van der Waals surface area contributed by atoms with E-state index in [1.807, 2.05) is 30.3 Å². The number of nitrogens with zero attached hydrogens (tertiary/aromatic N) is 3. The first-order valence-electron chi connectivity index (χ1n) is 10.4. The number of allylic oxidation sites excluding steroid dienone is 1. The van der Waals surface area contributed by atoms with Crippen LogP contribution in [0.2, 0.25) is 0 Å². The van der Waals surface area contributed by atoms with E-state index in [-0.39, 0.29) is 28.6 Å². The van der Waals surface area contributed by atoms with E-state index in [1.54, 1.807) is 6.92 Å². The average molecular weight is 470 g/mol. The minimum Gasteiger partial charge on any atom is -0.369 e. The van der Waals surface area contributed by atoms with Crippen LogP contribution in [-0.2, 0) is 24.5 Å². The lowest BCUT2D eigenvalue weighted by Gasteiger charge is -2.13. The number of hydrogen-bond acceptors (Lipinski definition) is 4. The second-order valence-electron chi connectivity index (χ2n) is 7.57. The Morgan fingerprint density at radius 3 is 2.50 bits per heavy atom. The molecule has 0 aliphatic carbocycles. The van der Waals surface area contributed by atoms with Gasteiger partial charge in [0.15, 0.2) is 5.82 Å². The smallest absolute Gasteiger partial charge is 0.369 e. The summed E-state index contributed by atoms with van der Waals surface area (Å²) < 4.78 is 48.2. The largest absolute Gasteiger partial charge is 0.416 e. The van der Waals surface area contributed by atoms with Crippen molar-refractivity contribution in [1.29, 1.82) is 0 Å². The maximum Gasteiger partial charge on any atom is 0.416 e. The van der Waals surface area contributed by atoms with E-state index in [1.165, 1.54) is 22.8 Å². The highest BCUT2D eigenvalue weighted by atomic mass is 19.4. The first-order valence-corrected chi connectivity index (χ1v) is 10.4. The van der Waals surface area contributed by atoms with Gasteiger partial charge in [-0.1, -0.05) is 36.9 Å². The number of pyridine rings is 1. The van der Waals surface area contributed by atoms with Crippen molar-refractivity contribution in [3.05, 3.63) is 99.1 Å². The minimum atomic E-state index is -4.69. The zero-order valence-electron chi connectivity index (χ0n) is 18.2. The zero-order valence-corrected chi connectivity index (χ0v) is 18.2. The van der Waals surface area contributed by atoms with Crippen molar-refractivity contribution < 1.29 is 17.9 Å². The predicted octanol–water partition coefficient (Wildman–Crippen LogP) is 4.19. The van der Waals surface area contributed by atoms with Crippen LogP contribution < -0.4 is 11.2 Å². The average Bonchev–Trinajstić information content (AvgIpc) is 3.14. The lowest BCUT2D eigenvalue weighted by Crippen LogP contribution is -2.24. The molecule has 2 aromatic carbocycles. The summed E-state index contributed by atoms with van der Waals surface area (Å²) in [5.41, 5.74) is -1.23. The summed E-state index contributed by atoms with van der Waals surface area (Å²) in [6.45, 7) is 5.63. The van der Waals surface area contributed by atoms with E-state index in [0.29, 0.717) is 19.0 Å². The van der Waals surface area contributed by atoms with Crippen molar-refractivity contribution in [3.63, 3.8) is 0 Å². The van der Waals surface area contributed by atoms with Gasteiger partial charge < -0.3 is 9.72 Å². The molecule has 0 fully saturated rings. The third-order valence-corrected chi connectivity index (χ3v) is 5.40. The molecule has 0 saturated carbocycles. The molecule has 0 unspecified atom stereocenters. The summed E-state index contributed by atoms with van der Waals surface area (Å²) >= 11 is 0. The number of rotatable bonds is 7. The second-order valence-corrected chi connectivity index (χ2v) is 7.57. The first kappa shape index (κ1) is 23.2. The van der Waals surface area contributed by atoms with Crippen molar-refractivity contribution in [2.24, 2.45) is 0 Å². The van der Waals surface area contributed by atoms with E-state index in [0.717, 1.165) is 16.4 Å². The number of halogens is 3. The van der Waals surface area contributed by atoms with Gasteiger partial charge in [-0.2, -0.15) is 17.9 Å². The van der Waals surface area contributed by atoms with Crippen molar-refractivity contribution in [1.82, 2.24) is 19.3 Å². The molecule has 0 aliphatic heterocycles. The van der Waals surface area contributed by atoms with Gasteiger partial charge in [0.1, 0.15) is 6.61 Å². The first-order chi connectivity index (χ1) is 16.2. The highest BCUT2D eigenvalue weighted by molar-refractivity contribution is 5.94. The van der Waals surface area contributed by atoms with E-state index >= 15 is 0 Å². The van der Waals surface area contributed by atoms with Crippen LogP contribution in [0.3, 0.4) is 0 Å². The number of aromatic amines is 1. The zero-order chi connectivity index (χ0) is 24.5. The lowest BCUT2D eigenvalue weighted by molar-refractivity contribution is -0.0686.